The Morgan fingerprint density at radius 2 is 2.06 bits per heavy atom. The quantitative estimate of drug-likeness (QED) is 0.287. The van der Waals surface area contributed by atoms with Gasteiger partial charge in [0.2, 0.25) is 17.7 Å². The fraction of sp³-hybridized carbons (Fsp3) is 0.208. The van der Waals surface area contributed by atoms with Crippen molar-refractivity contribution in [3.8, 4) is 17.0 Å². The van der Waals surface area contributed by atoms with Crippen LogP contribution in [0.5, 0.6) is 5.75 Å². The van der Waals surface area contributed by atoms with Gasteiger partial charge in [-0.3, -0.25) is 14.9 Å². The van der Waals surface area contributed by atoms with Crippen LogP contribution in [0.2, 0.25) is 0 Å². The number of amides is 1. The number of aryl methyl sites for hydroxylation is 1. The Balaban J connectivity index is 1.82. The number of likely N-dealkylation sites (N-methyl/N-ethyl adjacent to an activating group) is 1. The third-order valence-corrected chi connectivity index (χ3v) is 5.59. The molecule has 0 fully saturated rings. The number of ether oxygens (including phenoxy) is 1. The number of rotatable bonds is 8. The average Bonchev–Trinajstić information content (AvgIpc) is 3.22. The average molecular weight is 478 g/mol. The number of nitrogens with zero attached hydrogens (tertiary/aromatic N) is 4. The smallest absolute Gasteiger partial charge is 0.307 e. The number of hydrogen-bond acceptors (Lipinski definition) is 7. The Morgan fingerprint density at radius 1 is 1.29 bits per heavy atom. The summed E-state index contributed by atoms with van der Waals surface area (Å²) in [6.45, 7) is 2.12. The molecule has 0 spiro atoms. The van der Waals surface area contributed by atoms with Crippen molar-refractivity contribution in [1.82, 2.24) is 19.9 Å². The van der Waals surface area contributed by atoms with Crippen LogP contribution in [0.3, 0.4) is 0 Å². The van der Waals surface area contributed by atoms with Gasteiger partial charge < -0.3 is 19.9 Å². The van der Waals surface area contributed by atoms with Crippen molar-refractivity contribution < 1.29 is 18.8 Å². The first kappa shape index (κ1) is 23.6. The number of carbonyl (C=O) groups is 1. The zero-order valence-electron chi connectivity index (χ0n) is 19.3. The third-order valence-electron chi connectivity index (χ3n) is 5.59. The van der Waals surface area contributed by atoms with Crippen molar-refractivity contribution in [3.63, 3.8) is 0 Å². The number of aromatic nitrogens is 3. The van der Waals surface area contributed by atoms with Gasteiger partial charge in [-0.15, -0.1) is 0 Å². The summed E-state index contributed by atoms with van der Waals surface area (Å²) in [6.07, 6.45) is 4.18. The van der Waals surface area contributed by atoms with Crippen molar-refractivity contribution in [2.24, 2.45) is 0 Å². The number of anilines is 2. The zero-order valence-corrected chi connectivity index (χ0v) is 19.3. The molecule has 0 saturated heterocycles. The van der Waals surface area contributed by atoms with E-state index in [1.54, 1.807) is 13.2 Å². The molecular formula is C24H23FN6O4. The second-order valence-electron chi connectivity index (χ2n) is 7.67. The van der Waals surface area contributed by atoms with E-state index < -0.39 is 16.4 Å². The first-order chi connectivity index (χ1) is 16.9. The lowest BCUT2D eigenvalue weighted by Gasteiger charge is -2.12. The normalized spacial score (nSPS) is 10.9. The van der Waals surface area contributed by atoms with E-state index in [1.807, 2.05) is 42.0 Å². The van der Waals surface area contributed by atoms with Gasteiger partial charge in [0.25, 0.3) is 0 Å². The molecule has 0 radical (unpaired) electrons. The van der Waals surface area contributed by atoms with Gasteiger partial charge in [0.1, 0.15) is 12.3 Å². The SMILES string of the molecule is CCc1cnc(Nc2cc([N+](=O)[O-])c(F)cc2OC)nc1-c1cn(CC(=O)NC)c2ccccc12. The topological polar surface area (TPSA) is 124 Å². The Morgan fingerprint density at radius 3 is 2.74 bits per heavy atom. The zero-order chi connectivity index (χ0) is 25.1. The lowest BCUT2D eigenvalue weighted by Crippen LogP contribution is -2.22. The third kappa shape index (κ3) is 4.60. The number of para-hydroxylation sites is 1. The molecular weight excluding hydrogens is 455 g/mol. The number of benzene rings is 2. The van der Waals surface area contributed by atoms with Crippen LogP contribution in [0.15, 0.2) is 48.8 Å². The fourth-order valence-electron chi connectivity index (χ4n) is 3.83. The molecule has 0 atom stereocenters. The summed E-state index contributed by atoms with van der Waals surface area (Å²) in [5.41, 5.74) is 2.65. The summed E-state index contributed by atoms with van der Waals surface area (Å²) >= 11 is 0. The molecule has 10 nitrogen and oxygen atoms in total. The molecule has 0 aliphatic rings. The number of methoxy groups -OCH3 is 1. The van der Waals surface area contributed by atoms with E-state index in [0.717, 1.165) is 34.2 Å². The van der Waals surface area contributed by atoms with Crippen molar-refractivity contribution in [1.29, 1.82) is 0 Å². The van der Waals surface area contributed by atoms with Crippen molar-refractivity contribution >= 4 is 34.1 Å². The van der Waals surface area contributed by atoms with Gasteiger partial charge in [-0.05, 0) is 18.1 Å². The molecule has 0 bridgehead atoms. The van der Waals surface area contributed by atoms with Gasteiger partial charge in [0.15, 0.2) is 0 Å². The van der Waals surface area contributed by atoms with E-state index in [9.17, 15) is 19.3 Å². The van der Waals surface area contributed by atoms with E-state index in [1.165, 1.54) is 7.11 Å². The van der Waals surface area contributed by atoms with Gasteiger partial charge >= 0.3 is 5.69 Å². The molecule has 1 amide bonds. The van der Waals surface area contributed by atoms with Crippen molar-refractivity contribution in [2.75, 3.05) is 19.5 Å². The minimum atomic E-state index is -1.01. The summed E-state index contributed by atoms with van der Waals surface area (Å²) in [5, 5.41) is 17.7. The maximum Gasteiger partial charge on any atom is 0.307 e. The van der Waals surface area contributed by atoms with Crippen LogP contribution in [0, 0.1) is 15.9 Å². The minimum absolute atomic E-state index is 0.0694. The fourth-order valence-corrected chi connectivity index (χ4v) is 3.83. The van der Waals surface area contributed by atoms with Crippen molar-refractivity contribution in [3.05, 3.63) is 70.3 Å². The molecule has 35 heavy (non-hydrogen) atoms. The van der Waals surface area contributed by atoms with Crippen LogP contribution in [0.25, 0.3) is 22.2 Å². The minimum Gasteiger partial charge on any atom is -0.494 e. The second-order valence-corrected chi connectivity index (χ2v) is 7.67. The van der Waals surface area contributed by atoms with Gasteiger partial charge in [-0.1, -0.05) is 25.1 Å². The van der Waals surface area contributed by atoms with E-state index in [-0.39, 0.29) is 29.8 Å². The standard InChI is InChI=1S/C24H23FN6O4/c1-4-14-11-27-24(28-18-10-20(31(33)34)17(25)9-21(18)35-3)29-23(14)16-12-30(13-22(32)26-2)19-8-6-5-7-15(16)19/h5-12H,4,13H2,1-3H3,(H,26,32)(H,27,28,29). The summed E-state index contributed by atoms with van der Waals surface area (Å²) in [6, 6.07) is 9.66. The summed E-state index contributed by atoms with van der Waals surface area (Å²) in [7, 11) is 2.92. The maximum atomic E-state index is 14.0. The van der Waals surface area contributed by atoms with Gasteiger partial charge in [-0.25, -0.2) is 9.97 Å². The molecule has 2 aromatic carbocycles. The number of fused-ring (bicyclic) bond motifs is 1. The monoisotopic (exact) mass is 478 g/mol. The highest BCUT2D eigenvalue weighted by atomic mass is 19.1. The second kappa shape index (κ2) is 9.75. The highest BCUT2D eigenvalue weighted by Crippen LogP contribution is 2.35. The van der Waals surface area contributed by atoms with Gasteiger partial charge in [-0.2, -0.15) is 4.39 Å². The van der Waals surface area contributed by atoms with Crippen LogP contribution in [-0.4, -0.2) is 39.5 Å². The summed E-state index contributed by atoms with van der Waals surface area (Å²) in [5.74, 6) is -0.924. The predicted molar refractivity (Wildman–Crippen MR) is 129 cm³/mol. The Hall–Kier alpha value is -4.54. The molecule has 4 rings (SSSR count). The number of nitrogens with one attached hydrogen (secondary N) is 2. The van der Waals surface area contributed by atoms with Gasteiger partial charge in [0, 0.05) is 48.0 Å². The number of carbonyl (C=O) groups excluding carboxylic acids is 1. The van der Waals surface area contributed by atoms with E-state index in [0.29, 0.717) is 12.1 Å². The molecule has 4 aromatic rings. The molecule has 2 heterocycles. The lowest BCUT2D eigenvalue weighted by atomic mass is 10.0. The van der Waals surface area contributed by atoms with Crippen LogP contribution in [0.4, 0.5) is 21.7 Å². The molecule has 2 N–H and O–H groups in total. The number of halogens is 1. The molecule has 0 saturated carbocycles. The predicted octanol–water partition coefficient (Wildman–Crippen LogP) is 4.21. The lowest BCUT2D eigenvalue weighted by molar-refractivity contribution is -0.387. The van der Waals surface area contributed by atoms with Crippen molar-refractivity contribution in [2.45, 2.75) is 19.9 Å². The van der Waals surface area contributed by atoms with E-state index in [4.69, 9.17) is 4.74 Å². The molecule has 180 valence electrons. The van der Waals surface area contributed by atoms with Gasteiger partial charge in [0.05, 0.1) is 23.4 Å². The molecule has 0 aliphatic heterocycles. The first-order valence-corrected chi connectivity index (χ1v) is 10.8. The number of nitro benzene ring substituents is 1. The molecule has 11 heteroatoms. The van der Waals surface area contributed by atoms with Crippen LogP contribution in [0.1, 0.15) is 12.5 Å². The number of hydrogen-bond donors (Lipinski definition) is 2. The Labute approximate surface area is 199 Å². The number of nitro groups is 1. The molecule has 0 unspecified atom stereocenters. The van der Waals surface area contributed by atoms with Crippen LogP contribution < -0.4 is 15.4 Å². The highest BCUT2D eigenvalue weighted by molar-refractivity contribution is 5.96. The highest BCUT2D eigenvalue weighted by Gasteiger charge is 2.21. The van der Waals surface area contributed by atoms with Crippen LogP contribution in [-0.2, 0) is 17.8 Å². The van der Waals surface area contributed by atoms with E-state index >= 15 is 0 Å². The van der Waals surface area contributed by atoms with E-state index in [2.05, 4.69) is 20.6 Å². The first-order valence-electron chi connectivity index (χ1n) is 10.8. The molecule has 2 aromatic heterocycles. The summed E-state index contributed by atoms with van der Waals surface area (Å²) < 4.78 is 21.1. The maximum absolute atomic E-state index is 14.0. The Kier molecular flexibility index (Phi) is 6.58. The summed E-state index contributed by atoms with van der Waals surface area (Å²) in [4.78, 5) is 31.5. The largest absolute Gasteiger partial charge is 0.494 e. The van der Waals surface area contributed by atoms with Crippen LogP contribution >= 0.6 is 0 Å². The Bertz CT molecular complexity index is 1440. The molecule has 0 aliphatic carbocycles.